The van der Waals surface area contributed by atoms with Crippen LogP contribution in [0.5, 0.6) is 5.75 Å². The minimum absolute atomic E-state index is 0.0492. The Kier molecular flexibility index (Phi) is 4.07. The summed E-state index contributed by atoms with van der Waals surface area (Å²) in [6, 6.07) is 0. The lowest BCUT2D eigenvalue weighted by molar-refractivity contribution is 0.358. The van der Waals surface area contributed by atoms with Gasteiger partial charge in [-0.05, 0) is 11.8 Å². The van der Waals surface area contributed by atoms with Crippen molar-refractivity contribution >= 4 is 0 Å². The molecule has 96 valence electrons. The molecule has 0 fully saturated rings. The number of rotatable bonds is 3. The van der Waals surface area contributed by atoms with E-state index in [1.807, 2.05) is 0 Å². The number of hydrogen-bond acceptors (Lipinski definition) is 1. The van der Waals surface area contributed by atoms with E-state index in [-0.39, 0.29) is 22.8 Å². The van der Waals surface area contributed by atoms with Crippen molar-refractivity contribution in [3.8, 4) is 5.75 Å². The van der Waals surface area contributed by atoms with Gasteiger partial charge in [0.05, 0.1) is 7.11 Å². The lowest BCUT2D eigenvalue weighted by Gasteiger charge is -2.19. The zero-order chi connectivity index (χ0) is 13.3. The lowest BCUT2D eigenvalue weighted by Crippen LogP contribution is -2.10. The molecule has 0 saturated heterocycles. The lowest BCUT2D eigenvalue weighted by atomic mass is 9.94. The van der Waals surface area contributed by atoms with Gasteiger partial charge in [0.1, 0.15) is 0 Å². The van der Waals surface area contributed by atoms with Gasteiger partial charge < -0.3 is 4.74 Å². The van der Waals surface area contributed by atoms with E-state index < -0.39 is 23.4 Å². The van der Waals surface area contributed by atoms with Crippen molar-refractivity contribution in [2.45, 2.75) is 39.5 Å². The average Bonchev–Trinajstić information content (AvgIpc) is 2.22. The normalized spacial score (nSPS) is 11.4. The average molecular weight is 246 g/mol. The van der Waals surface area contributed by atoms with Gasteiger partial charge in [-0.25, -0.2) is 13.2 Å². The topological polar surface area (TPSA) is 9.23 Å². The fraction of sp³-hybridized carbons (Fsp3) is 0.538. The molecule has 1 nitrogen and oxygen atoms in total. The Bertz CT molecular complexity index is 425. The van der Waals surface area contributed by atoms with Gasteiger partial charge in [-0.2, -0.15) is 0 Å². The second-order valence-electron chi connectivity index (χ2n) is 4.61. The quantitative estimate of drug-likeness (QED) is 0.720. The van der Waals surface area contributed by atoms with Crippen molar-refractivity contribution < 1.29 is 17.9 Å². The van der Waals surface area contributed by atoms with Gasteiger partial charge in [0.2, 0.25) is 0 Å². The highest BCUT2D eigenvalue weighted by Gasteiger charge is 2.28. The summed E-state index contributed by atoms with van der Waals surface area (Å²) in [4.78, 5) is 0. The molecule has 0 unspecified atom stereocenters. The van der Waals surface area contributed by atoms with Crippen LogP contribution in [0.15, 0.2) is 0 Å². The SMILES string of the molecule is COc1c(F)c(C(C)C)c(F)c(F)c1C(C)C. The van der Waals surface area contributed by atoms with Crippen molar-refractivity contribution in [1.29, 1.82) is 0 Å². The molecule has 4 heteroatoms. The predicted molar refractivity (Wildman–Crippen MR) is 61.0 cm³/mol. The largest absolute Gasteiger partial charge is 0.493 e. The molecule has 1 aromatic rings. The summed E-state index contributed by atoms with van der Waals surface area (Å²) in [7, 11) is 1.26. The number of benzene rings is 1. The third-order valence-corrected chi connectivity index (χ3v) is 2.70. The second kappa shape index (κ2) is 4.98. The molecule has 17 heavy (non-hydrogen) atoms. The summed E-state index contributed by atoms with van der Waals surface area (Å²) in [6.07, 6.45) is 0. The Morgan fingerprint density at radius 2 is 1.18 bits per heavy atom. The van der Waals surface area contributed by atoms with Crippen molar-refractivity contribution in [2.24, 2.45) is 0 Å². The summed E-state index contributed by atoms with van der Waals surface area (Å²) in [5, 5.41) is 0. The van der Waals surface area contributed by atoms with E-state index in [1.165, 1.54) is 7.11 Å². The van der Waals surface area contributed by atoms with Crippen LogP contribution in [0.4, 0.5) is 13.2 Å². The van der Waals surface area contributed by atoms with E-state index in [9.17, 15) is 13.2 Å². The van der Waals surface area contributed by atoms with E-state index in [1.54, 1.807) is 27.7 Å². The van der Waals surface area contributed by atoms with Gasteiger partial charge in [-0.1, -0.05) is 27.7 Å². The van der Waals surface area contributed by atoms with Gasteiger partial charge in [-0.3, -0.25) is 0 Å². The first-order chi connectivity index (χ1) is 7.82. The molecule has 0 spiro atoms. The van der Waals surface area contributed by atoms with Crippen LogP contribution in [-0.4, -0.2) is 7.11 Å². The molecule has 0 aliphatic heterocycles. The minimum Gasteiger partial charge on any atom is -0.493 e. The summed E-state index contributed by atoms with van der Waals surface area (Å²) < 4.78 is 46.6. The fourth-order valence-corrected chi connectivity index (χ4v) is 1.90. The van der Waals surface area contributed by atoms with E-state index >= 15 is 0 Å². The van der Waals surface area contributed by atoms with Crippen LogP contribution < -0.4 is 4.74 Å². The highest BCUT2D eigenvalue weighted by Crippen LogP contribution is 2.38. The first-order valence-corrected chi connectivity index (χ1v) is 5.57. The van der Waals surface area contributed by atoms with Crippen LogP contribution in [0.25, 0.3) is 0 Å². The molecule has 0 N–H and O–H groups in total. The fourth-order valence-electron chi connectivity index (χ4n) is 1.90. The maximum Gasteiger partial charge on any atom is 0.171 e. The minimum atomic E-state index is -1.11. The second-order valence-corrected chi connectivity index (χ2v) is 4.61. The highest BCUT2D eigenvalue weighted by molar-refractivity contribution is 5.44. The third-order valence-electron chi connectivity index (χ3n) is 2.70. The van der Waals surface area contributed by atoms with Crippen LogP contribution in [0.1, 0.15) is 50.7 Å². The van der Waals surface area contributed by atoms with E-state index in [0.717, 1.165) is 0 Å². The molecule has 0 aliphatic carbocycles. The first-order valence-electron chi connectivity index (χ1n) is 5.57. The van der Waals surface area contributed by atoms with Crippen LogP contribution in [0.2, 0.25) is 0 Å². The van der Waals surface area contributed by atoms with Crippen LogP contribution in [0.3, 0.4) is 0 Å². The van der Waals surface area contributed by atoms with Crippen molar-refractivity contribution in [3.63, 3.8) is 0 Å². The summed E-state index contributed by atoms with van der Waals surface area (Å²) in [5.41, 5.74) is -0.310. The molecule has 0 saturated carbocycles. The number of hydrogen-bond donors (Lipinski definition) is 0. The van der Waals surface area contributed by atoms with Crippen molar-refractivity contribution in [2.75, 3.05) is 7.11 Å². The number of ether oxygens (including phenoxy) is 1. The Morgan fingerprint density at radius 3 is 1.53 bits per heavy atom. The van der Waals surface area contributed by atoms with Gasteiger partial charge in [0.25, 0.3) is 0 Å². The van der Waals surface area contributed by atoms with E-state index in [2.05, 4.69) is 0 Å². The van der Waals surface area contributed by atoms with Crippen LogP contribution >= 0.6 is 0 Å². The maximum absolute atomic E-state index is 14.1. The Hall–Kier alpha value is -1.19. The number of halogens is 3. The molecule has 0 aromatic heterocycles. The summed E-state index contributed by atoms with van der Waals surface area (Å²) in [6.45, 7) is 6.54. The predicted octanol–water partition coefficient (Wildman–Crippen LogP) is 4.36. The smallest absolute Gasteiger partial charge is 0.171 e. The Morgan fingerprint density at radius 1 is 0.765 bits per heavy atom. The van der Waals surface area contributed by atoms with Crippen LogP contribution in [-0.2, 0) is 0 Å². The number of methoxy groups -OCH3 is 1. The molecule has 0 bridgehead atoms. The molecule has 0 heterocycles. The van der Waals surface area contributed by atoms with Crippen molar-refractivity contribution in [1.82, 2.24) is 0 Å². The van der Waals surface area contributed by atoms with Gasteiger partial charge >= 0.3 is 0 Å². The Balaban J connectivity index is 3.68. The van der Waals surface area contributed by atoms with Crippen LogP contribution in [0, 0.1) is 17.5 Å². The highest BCUT2D eigenvalue weighted by atomic mass is 19.2. The maximum atomic E-state index is 14.1. The monoisotopic (exact) mass is 246 g/mol. The van der Waals surface area contributed by atoms with Gasteiger partial charge in [0.15, 0.2) is 23.2 Å². The molecule has 1 rings (SSSR count). The van der Waals surface area contributed by atoms with Crippen molar-refractivity contribution in [3.05, 3.63) is 28.6 Å². The zero-order valence-electron chi connectivity index (χ0n) is 10.7. The first kappa shape index (κ1) is 13.9. The molecule has 0 aliphatic rings. The summed E-state index contributed by atoms with van der Waals surface area (Å²) in [5.74, 6) is -3.91. The van der Waals surface area contributed by atoms with E-state index in [0.29, 0.717) is 0 Å². The molecule has 0 radical (unpaired) electrons. The molecular formula is C13H17F3O. The molecule has 0 atom stereocenters. The van der Waals surface area contributed by atoms with E-state index in [4.69, 9.17) is 4.74 Å². The third kappa shape index (κ3) is 2.26. The molecule has 0 amide bonds. The van der Waals surface area contributed by atoms with Gasteiger partial charge in [0, 0.05) is 11.1 Å². The Labute approximate surface area is 99.6 Å². The standard InChI is InChI=1S/C13H17F3O/c1-6(2)8-10(14)11(15)9(7(3)4)13(17-5)12(8)16/h6-7H,1-5H3. The molecule has 1 aromatic carbocycles. The zero-order valence-corrected chi connectivity index (χ0v) is 10.7. The van der Waals surface area contributed by atoms with Gasteiger partial charge in [-0.15, -0.1) is 0 Å². The molecular weight excluding hydrogens is 229 g/mol. The summed E-state index contributed by atoms with van der Waals surface area (Å²) >= 11 is 0.